The Balaban J connectivity index is 0.00000171. The van der Waals surface area contributed by atoms with Gasteiger partial charge in [-0.2, -0.15) is 0 Å². The molecule has 4 N–H and O–H groups in total. The van der Waals surface area contributed by atoms with Gasteiger partial charge in [0, 0.05) is 51.3 Å². The number of aromatic amines is 1. The zero-order valence-corrected chi connectivity index (χ0v) is 18.9. The lowest BCUT2D eigenvalue weighted by molar-refractivity contribution is -0.117. The molecule has 0 spiro atoms. The first-order valence-electron chi connectivity index (χ1n) is 11.3. The van der Waals surface area contributed by atoms with Crippen LogP contribution >= 0.6 is 0 Å². The highest BCUT2D eigenvalue weighted by Gasteiger charge is 2.23. The fourth-order valence-corrected chi connectivity index (χ4v) is 4.34. The predicted octanol–water partition coefficient (Wildman–Crippen LogP) is 4.53. The summed E-state index contributed by atoms with van der Waals surface area (Å²) in [4.78, 5) is 25.0. The maximum Gasteiger partial charge on any atom is 0.254 e. The second-order valence-corrected chi connectivity index (χ2v) is 8.74. The summed E-state index contributed by atoms with van der Waals surface area (Å²) < 4.78 is 2.05. The Bertz CT molecular complexity index is 1410. The summed E-state index contributed by atoms with van der Waals surface area (Å²) in [5, 5.41) is 4.14. The van der Waals surface area contributed by atoms with Gasteiger partial charge in [0.25, 0.3) is 5.91 Å². The van der Waals surface area contributed by atoms with Gasteiger partial charge in [0.15, 0.2) is 0 Å². The van der Waals surface area contributed by atoms with Gasteiger partial charge in [-0.1, -0.05) is 6.07 Å². The van der Waals surface area contributed by atoms with E-state index in [2.05, 4.69) is 62.9 Å². The molecule has 0 saturated heterocycles. The molecule has 172 valence electrons. The SMILES string of the molecule is Cc1cc2[nH]ccc2c(C)c1CNC(=O)/C(C=NCc1cn2cc(C3CC3)ccc2n1)=C/N.[HH].[HH]. The van der Waals surface area contributed by atoms with Crippen LogP contribution in [0.25, 0.3) is 16.6 Å². The maximum atomic E-state index is 12.7. The number of hydrogen-bond donors (Lipinski definition) is 3. The smallest absolute Gasteiger partial charge is 0.254 e. The van der Waals surface area contributed by atoms with E-state index < -0.39 is 0 Å². The Morgan fingerprint density at radius 1 is 1.33 bits per heavy atom. The molecule has 0 aliphatic heterocycles. The lowest BCUT2D eigenvalue weighted by Crippen LogP contribution is -2.26. The van der Waals surface area contributed by atoms with E-state index in [1.165, 1.54) is 30.8 Å². The van der Waals surface area contributed by atoms with Crippen LogP contribution in [0.4, 0.5) is 0 Å². The van der Waals surface area contributed by atoms with Gasteiger partial charge in [-0.3, -0.25) is 9.79 Å². The van der Waals surface area contributed by atoms with Crippen molar-refractivity contribution in [1.82, 2.24) is 19.7 Å². The monoisotopic (exact) mass is 444 g/mol. The summed E-state index contributed by atoms with van der Waals surface area (Å²) >= 11 is 0. The molecule has 1 aliphatic carbocycles. The zero-order chi connectivity index (χ0) is 22.9. The highest BCUT2D eigenvalue weighted by Crippen LogP contribution is 2.39. The number of nitrogens with zero attached hydrogens (tertiary/aromatic N) is 3. The van der Waals surface area contributed by atoms with Crippen LogP contribution in [0, 0.1) is 13.8 Å². The lowest BCUT2D eigenvalue weighted by atomic mass is 9.99. The third-order valence-electron chi connectivity index (χ3n) is 6.40. The van der Waals surface area contributed by atoms with Gasteiger partial charge in [-0.25, -0.2) is 4.98 Å². The largest absolute Gasteiger partial charge is 0.404 e. The van der Waals surface area contributed by atoms with Crippen molar-refractivity contribution >= 4 is 28.7 Å². The first kappa shape index (κ1) is 21.0. The molecule has 4 aromatic rings. The number of carbonyl (C=O) groups excluding carboxylic acids is 1. The van der Waals surface area contributed by atoms with E-state index in [-0.39, 0.29) is 8.76 Å². The molecule has 1 aliphatic rings. The highest BCUT2D eigenvalue weighted by atomic mass is 16.1. The van der Waals surface area contributed by atoms with Crippen molar-refractivity contribution in [2.24, 2.45) is 10.7 Å². The molecule has 0 unspecified atom stereocenters. The molecular formula is C26H32N6O. The average molecular weight is 445 g/mol. The summed E-state index contributed by atoms with van der Waals surface area (Å²) in [6, 6.07) is 8.37. The number of aromatic nitrogens is 3. The minimum Gasteiger partial charge on any atom is -0.404 e. The van der Waals surface area contributed by atoms with Crippen LogP contribution in [0.1, 0.15) is 49.6 Å². The van der Waals surface area contributed by atoms with E-state index in [4.69, 9.17) is 5.73 Å². The third-order valence-corrected chi connectivity index (χ3v) is 6.40. The fraction of sp³-hybridized carbons (Fsp3) is 0.269. The Labute approximate surface area is 195 Å². The Morgan fingerprint density at radius 3 is 2.97 bits per heavy atom. The molecule has 1 saturated carbocycles. The normalized spacial score (nSPS) is 14.5. The second kappa shape index (κ2) is 8.58. The number of imidazole rings is 1. The molecule has 1 aromatic carbocycles. The summed E-state index contributed by atoms with van der Waals surface area (Å²) in [7, 11) is 0. The Hall–Kier alpha value is -3.87. The van der Waals surface area contributed by atoms with E-state index >= 15 is 0 Å². The molecule has 3 heterocycles. The van der Waals surface area contributed by atoms with Gasteiger partial charge in [-0.15, -0.1) is 0 Å². The van der Waals surface area contributed by atoms with Crippen molar-refractivity contribution in [2.75, 3.05) is 0 Å². The summed E-state index contributed by atoms with van der Waals surface area (Å²) in [5.74, 6) is 0.449. The lowest BCUT2D eigenvalue weighted by Gasteiger charge is -2.12. The zero-order valence-electron chi connectivity index (χ0n) is 18.9. The molecule has 5 rings (SSSR count). The molecule has 3 aromatic heterocycles. The van der Waals surface area contributed by atoms with E-state index in [1.807, 2.05) is 18.5 Å². The number of amides is 1. The number of rotatable bonds is 7. The van der Waals surface area contributed by atoms with Crippen molar-refractivity contribution in [3.63, 3.8) is 0 Å². The predicted molar refractivity (Wildman–Crippen MR) is 135 cm³/mol. The number of H-pyrrole nitrogens is 1. The van der Waals surface area contributed by atoms with Gasteiger partial charge in [0.1, 0.15) is 5.65 Å². The average Bonchev–Trinajstić information content (AvgIpc) is 3.41. The van der Waals surface area contributed by atoms with Gasteiger partial charge in [-0.05, 0) is 73.1 Å². The number of nitrogens with one attached hydrogen (secondary N) is 2. The number of benzene rings is 1. The minimum atomic E-state index is -0.252. The van der Waals surface area contributed by atoms with Crippen molar-refractivity contribution in [3.8, 4) is 0 Å². The molecular weight excluding hydrogens is 412 g/mol. The number of nitrogens with two attached hydrogens (primary N) is 1. The third kappa shape index (κ3) is 4.26. The van der Waals surface area contributed by atoms with Gasteiger partial charge in [0.2, 0.25) is 0 Å². The molecule has 0 bridgehead atoms. The fourth-order valence-electron chi connectivity index (χ4n) is 4.34. The van der Waals surface area contributed by atoms with Crippen molar-refractivity contribution in [1.29, 1.82) is 0 Å². The molecule has 33 heavy (non-hydrogen) atoms. The van der Waals surface area contributed by atoms with Crippen LogP contribution in [0.15, 0.2) is 59.6 Å². The number of fused-ring (bicyclic) bond motifs is 2. The van der Waals surface area contributed by atoms with Crippen LogP contribution in [0.5, 0.6) is 0 Å². The van der Waals surface area contributed by atoms with E-state index in [9.17, 15) is 4.79 Å². The molecule has 0 radical (unpaired) electrons. The second-order valence-electron chi connectivity index (χ2n) is 8.74. The number of aryl methyl sites for hydroxylation is 2. The maximum absolute atomic E-state index is 12.7. The van der Waals surface area contributed by atoms with Crippen LogP contribution in [0.2, 0.25) is 0 Å². The molecule has 1 amide bonds. The Kier molecular flexibility index (Phi) is 5.46. The quantitative estimate of drug-likeness (QED) is 0.288. The number of hydrogen-bond acceptors (Lipinski definition) is 4. The van der Waals surface area contributed by atoms with E-state index in [0.29, 0.717) is 24.6 Å². The van der Waals surface area contributed by atoms with E-state index in [0.717, 1.165) is 38.9 Å². The molecule has 7 nitrogen and oxygen atoms in total. The van der Waals surface area contributed by atoms with Gasteiger partial charge < -0.3 is 20.4 Å². The first-order valence-corrected chi connectivity index (χ1v) is 11.3. The summed E-state index contributed by atoms with van der Waals surface area (Å²) in [6.45, 7) is 4.94. The van der Waals surface area contributed by atoms with Crippen LogP contribution in [-0.4, -0.2) is 26.5 Å². The standard InChI is InChI=1S/C26H28N6O.2H2/c1-16-9-24-22(7-8-29-24)17(2)23(16)13-30-26(33)20(10-27)11-28-12-21-15-32-14-19(18-3-4-18)5-6-25(32)31-21;;/h5-11,14-15,18,29H,3-4,12-13,27H2,1-2H3,(H,30,33);2*1H/b20-10+,28-11?;;. The number of pyridine rings is 1. The number of carbonyl (C=O) groups is 1. The van der Waals surface area contributed by atoms with Crippen molar-refractivity contribution in [3.05, 3.63) is 82.6 Å². The topological polar surface area (TPSA) is 101 Å². The van der Waals surface area contributed by atoms with Crippen LogP contribution in [-0.2, 0) is 17.9 Å². The van der Waals surface area contributed by atoms with Crippen molar-refractivity contribution < 1.29 is 7.65 Å². The Morgan fingerprint density at radius 2 is 2.18 bits per heavy atom. The minimum absolute atomic E-state index is 0. The van der Waals surface area contributed by atoms with Crippen LogP contribution < -0.4 is 11.1 Å². The number of aliphatic imine (C=N–C) groups is 1. The van der Waals surface area contributed by atoms with E-state index in [1.54, 1.807) is 0 Å². The van der Waals surface area contributed by atoms with Crippen LogP contribution in [0.3, 0.4) is 0 Å². The van der Waals surface area contributed by atoms with Crippen molar-refractivity contribution in [2.45, 2.75) is 45.7 Å². The van der Waals surface area contributed by atoms with Gasteiger partial charge in [0.05, 0.1) is 17.8 Å². The molecule has 0 atom stereocenters. The molecule has 1 fully saturated rings. The highest BCUT2D eigenvalue weighted by molar-refractivity contribution is 6.12. The summed E-state index contributed by atoms with van der Waals surface area (Å²) in [6.07, 6.45) is 11.4. The first-order chi connectivity index (χ1) is 16.0. The summed E-state index contributed by atoms with van der Waals surface area (Å²) in [5.41, 5.74) is 13.7. The van der Waals surface area contributed by atoms with Gasteiger partial charge >= 0.3 is 0 Å². The molecule has 7 heteroatoms.